The third-order valence-corrected chi connectivity index (χ3v) is 3.67. The van der Waals surface area contributed by atoms with Gasteiger partial charge in [-0.25, -0.2) is 0 Å². The molecule has 0 aliphatic rings. The summed E-state index contributed by atoms with van der Waals surface area (Å²) in [6.45, 7) is 0.326. The molecule has 0 aliphatic carbocycles. The molecule has 0 saturated carbocycles. The Hall–Kier alpha value is -3.62. The number of benzene rings is 1. The largest absolute Gasteiger partial charge is 0.487 e. The van der Waals surface area contributed by atoms with Gasteiger partial charge in [0.25, 0.3) is 5.91 Å². The van der Waals surface area contributed by atoms with Gasteiger partial charge in [-0.1, -0.05) is 0 Å². The predicted octanol–water partition coefficient (Wildman–Crippen LogP) is 0.617. The second kappa shape index (κ2) is 9.18. The van der Waals surface area contributed by atoms with Gasteiger partial charge in [-0.05, 0) is 36.5 Å². The summed E-state index contributed by atoms with van der Waals surface area (Å²) in [5.41, 5.74) is 13.5. The van der Waals surface area contributed by atoms with Crippen molar-refractivity contribution in [3.63, 3.8) is 0 Å². The summed E-state index contributed by atoms with van der Waals surface area (Å²) in [7, 11) is 5.03. The number of nitrogens with one attached hydrogen (secondary N) is 1. The molecule has 0 radical (unpaired) electrons. The number of anilines is 1. The van der Waals surface area contributed by atoms with Crippen LogP contribution in [0.1, 0.15) is 11.3 Å². The van der Waals surface area contributed by atoms with Crippen LogP contribution < -0.4 is 21.5 Å². The van der Waals surface area contributed by atoms with E-state index in [1.807, 2.05) is 13.1 Å². The number of amides is 1. The number of nitrogens with zero attached hydrogens (tertiary/aromatic N) is 4. The molecule has 2 aromatic rings. The van der Waals surface area contributed by atoms with E-state index < -0.39 is 5.91 Å². The molecule has 1 amide bonds. The van der Waals surface area contributed by atoms with Gasteiger partial charge in [0.15, 0.2) is 0 Å². The van der Waals surface area contributed by atoms with Gasteiger partial charge in [0.2, 0.25) is 0 Å². The molecular formula is C18H23N7O2. The van der Waals surface area contributed by atoms with Crippen molar-refractivity contribution in [3.8, 4) is 5.75 Å². The molecule has 0 atom stereocenters. The maximum atomic E-state index is 12.4. The highest BCUT2D eigenvalue weighted by Crippen LogP contribution is 2.22. The predicted molar refractivity (Wildman–Crippen MR) is 106 cm³/mol. The molecule has 2 rings (SSSR count). The number of carbonyl (C=O) groups is 1. The Morgan fingerprint density at radius 3 is 2.81 bits per heavy atom. The molecule has 0 fully saturated rings. The molecule has 1 heterocycles. The lowest BCUT2D eigenvalue weighted by Gasteiger charge is -2.11. The number of carbonyl (C=O) groups excluding carboxylic acids is 1. The van der Waals surface area contributed by atoms with Crippen LogP contribution >= 0.6 is 0 Å². The summed E-state index contributed by atoms with van der Waals surface area (Å²) >= 11 is 0. The molecule has 0 spiro atoms. The lowest BCUT2D eigenvalue weighted by atomic mass is 10.1. The lowest BCUT2D eigenvalue weighted by molar-refractivity contribution is -0.111. The van der Waals surface area contributed by atoms with E-state index in [1.54, 1.807) is 42.3 Å². The zero-order chi connectivity index (χ0) is 19.8. The zero-order valence-corrected chi connectivity index (χ0v) is 15.5. The average Bonchev–Trinajstić information content (AvgIpc) is 3.05. The number of aryl methyl sites for hydroxylation is 1. The molecule has 5 N–H and O–H groups in total. The van der Waals surface area contributed by atoms with E-state index in [4.69, 9.17) is 16.2 Å². The van der Waals surface area contributed by atoms with Gasteiger partial charge in [0.05, 0.1) is 5.69 Å². The van der Waals surface area contributed by atoms with Gasteiger partial charge >= 0.3 is 0 Å². The fourth-order valence-electron chi connectivity index (χ4n) is 2.24. The highest BCUT2D eigenvalue weighted by Gasteiger charge is 2.17. The topological polar surface area (TPSA) is 133 Å². The summed E-state index contributed by atoms with van der Waals surface area (Å²) in [4.78, 5) is 20.3. The standard InChI is InChI=1S/C18H23N7O2/c1-21-8-7-16(20)24-18(26)17(22-2)14-10-13(4-5-15(14)19)27-11-12-6-9-23-25(12)3/h4-10,21H,11,19H2,1-3H3,(H2,20,24,26)/b8-7-,22-17?. The number of nitrogen functional groups attached to an aromatic ring is 1. The van der Waals surface area contributed by atoms with Crippen molar-refractivity contribution in [1.82, 2.24) is 15.1 Å². The monoisotopic (exact) mass is 369 g/mol. The first kappa shape index (κ1) is 19.7. The van der Waals surface area contributed by atoms with Crippen LogP contribution in [-0.4, -0.2) is 41.3 Å². The van der Waals surface area contributed by atoms with Crippen LogP contribution in [-0.2, 0) is 18.4 Å². The first-order chi connectivity index (χ1) is 13.0. The molecule has 0 saturated heterocycles. The van der Waals surface area contributed by atoms with Crippen LogP contribution in [0, 0.1) is 0 Å². The van der Waals surface area contributed by atoms with Crippen LogP contribution in [0.25, 0.3) is 0 Å². The summed E-state index contributed by atoms with van der Waals surface area (Å²) in [5.74, 6) is 0.00491. The number of nitrogens with two attached hydrogens (primary N) is 2. The van der Waals surface area contributed by atoms with E-state index in [2.05, 4.69) is 20.4 Å². The highest BCUT2D eigenvalue weighted by atomic mass is 16.5. The minimum atomic E-state index is -0.591. The SMILES string of the molecule is CN=C(C(=O)N=C(N)/C=C\NC)c1cc(OCc2ccnn2C)ccc1N. The molecule has 1 aromatic heterocycles. The van der Waals surface area contributed by atoms with Crippen molar-refractivity contribution < 1.29 is 9.53 Å². The van der Waals surface area contributed by atoms with E-state index >= 15 is 0 Å². The Labute approximate surface area is 157 Å². The van der Waals surface area contributed by atoms with Gasteiger partial charge < -0.3 is 21.5 Å². The minimum Gasteiger partial charge on any atom is -0.487 e. The second-order valence-corrected chi connectivity index (χ2v) is 5.52. The van der Waals surface area contributed by atoms with Crippen LogP contribution in [0.3, 0.4) is 0 Å². The number of hydrogen-bond donors (Lipinski definition) is 3. The first-order valence-electron chi connectivity index (χ1n) is 8.15. The van der Waals surface area contributed by atoms with E-state index in [-0.39, 0.29) is 11.5 Å². The number of ether oxygens (including phenoxy) is 1. The maximum Gasteiger partial charge on any atom is 0.297 e. The molecule has 1 aromatic carbocycles. The molecule has 0 aliphatic heterocycles. The molecule has 142 valence electrons. The number of hydrogen-bond acceptors (Lipinski definition) is 6. The van der Waals surface area contributed by atoms with Crippen LogP contribution in [0.4, 0.5) is 5.69 Å². The van der Waals surface area contributed by atoms with Gasteiger partial charge in [0, 0.05) is 38.6 Å². The van der Waals surface area contributed by atoms with Crippen molar-refractivity contribution in [2.45, 2.75) is 6.61 Å². The fourth-order valence-corrected chi connectivity index (χ4v) is 2.24. The molecule has 27 heavy (non-hydrogen) atoms. The van der Waals surface area contributed by atoms with E-state index in [1.165, 1.54) is 13.1 Å². The minimum absolute atomic E-state index is 0.0534. The van der Waals surface area contributed by atoms with Gasteiger partial charge in [-0.15, -0.1) is 0 Å². The maximum absolute atomic E-state index is 12.4. The Morgan fingerprint density at radius 1 is 1.41 bits per heavy atom. The number of rotatable bonds is 7. The Bertz CT molecular complexity index is 897. The van der Waals surface area contributed by atoms with Gasteiger partial charge in [0.1, 0.15) is 23.9 Å². The Kier molecular flexibility index (Phi) is 6.70. The smallest absolute Gasteiger partial charge is 0.297 e. The average molecular weight is 369 g/mol. The van der Waals surface area contributed by atoms with Crippen molar-refractivity contribution in [1.29, 1.82) is 0 Å². The number of amidine groups is 1. The third-order valence-electron chi connectivity index (χ3n) is 3.67. The third kappa shape index (κ3) is 5.18. The Balaban J connectivity index is 2.23. The summed E-state index contributed by atoms with van der Waals surface area (Å²) in [6, 6.07) is 6.89. The summed E-state index contributed by atoms with van der Waals surface area (Å²) in [5, 5.41) is 6.86. The van der Waals surface area contributed by atoms with Crippen LogP contribution in [0.15, 0.2) is 52.7 Å². The normalized spacial score (nSPS) is 12.4. The van der Waals surface area contributed by atoms with Crippen molar-refractivity contribution in [2.75, 3.05) is 19.8 Å². The first-order valence-corrected chi connectivity index (χ1v) is 8.15. The zero-order valence-electron chi connectivity index (χ0n) is 15.5. The number of aromatic nitrogens is 2. The van der Waals surface area contributed by atoms with Crippen molar-refractivity contribution in [3.05, 3.63) is 54.0 Å². The van der Waals surface area contributed by atoms with E-state index in [9.17, 15) is 4.79 Å². The van der Waals surface area contributed by atoms with E-state index in [0.29, 0.717) is 23.6 Å². The summed E-state index contributed by atoms with van der Waals surface area (Å²) in [6.07, 6.45) is 4.73. The van der Waals surface area contributed by atoms with Gasteiger partial charge in [-0.2, -0.15) is 10.1 Å². The Morgan fingerprint density at radius 2 is 2.19 bits per heavy atom. The fraction of sp³-hybridized carbons (Fsp3) is 0.222. The molecular weight excluding hydrogens is 346 g/mol. The second-order valence-electron chi connectivity index (χ2n) is 5.52. The van der Waals surface area contributed by atoms with Crippen LogP contribution in [0.2, 0.25) is 0 Å². The molecule has 9 nitrogen and oxygen atoms in total. The molecule has 9 heteroatoms. The number of aliphatic imine (C=N–C) groups is 2. The van der Waals surface area contributed by atoms with E-state index in [0.717, 1.165) is 5.69 Å². The lowest BCUT2D eigenvalue weighted by Crippen LogP contribution is -2.20. The van der Waals surface area contributed by atoms with Crippen LogP contribution in [0.5, 0.6) is 5.75 Å². The highest BCUT2D eigenvalue weighted by molar-refractivity contribution is 6.48. The quantitative estimate of drug-likeness (QED) is 0.372. The van der Waals surface area contributed by atoms with Crippen molar-refractivity contribution in [2.24, 2.45) is 22.8 Å². The summed E-state index contributed by atoms with van der Waals surface area (Å²) < 4.78 is 7.49. The molecule has 0 bridgehead atoms. The van der Waals surface area contributed by atoms with Crippen molar-refractivity contribution >= 4 is 23.1 Å². The molecule has 0 unspecified atom stereocenters. The van der Waals surface area contributed by atoms with Gasteiger partial charge in [-0.3, -0.25) is 14.5 Å².